The summed E-state index contributed by atoms with van der Waals surface area (Å²) in [6.07, 6.45) is 1.86. The zero-order valence-electron chi connectivity index (χ0n) is 11.0. The molecule has 0 aromatic carbocycles. The zero-order chi connectivity index (χ0) is 15.1. The van der Waals surface area contributed by atoms with Crippen LogP contribution in [0.25, 0.3) is 0 Å². The minimum Gasteiger partial charge on any atom is -0.395 e. The topological polar surface area (TPSA) is 108 Å². The van der Waals surface area contributed by atoms with Crippen molar-refractivity contribution in [2.45, 2.75) is 6.42 Å². The highest BCUT2D eigenvalue weighted by Crippen LogP contribution is 2.03. The Morgan fingerprint density at radius 3 is 2.81 bits per heavy atom. The van der Waals surface area contributed by atoms with E-state index in [-0.39, 0.29) is 23.7 Å². The Bertz CT molecular complexity index is 721. The molecule has 0 unspecified atom stereocenters. The normalized spacial score (nSPS) is 9.57. The summed E-state index contributed by atoms with van der Waals surface area (Å²) in [4.78, 5) is 26.7. The lowest BCUT2D eigenvalue weighted by Gasteiger charge is -2.02. The van der Waals surface area contributed by atoms with Gasteiger partial charge in [0.1, 0.15) is 5.69 Å². The van der Waals surface area contributed by atoms with Crippen molar-refractivity contribution in [3.8, 4) is 11.8 Å². The number of rotatable bonds is 3. The van der Waals surface area contributed by atoms with E-state index in [0.29, 0.717) is 12.0 Å². The first-order valence-electron chi connectivity index (χ1n) is 6.12. The summed E-state index contributed by atoms with van der Waals surface area (Å²) >= 11 is 0. The highest BCUT2D eigenvalue weighted by Gasteiger charge is 2.08. The monoisotopic (exact) mass is 284 g/mol. The van der Waals surface area contributed by atoms with Gasteiger partial charge in [0.2, 0.25) is 0 Å². The number of nitrogens with one attached hydrogen (secondary N) is 2. The third-order valence-electron chi connectivity index (χ3n) is 2.39. The van der Waals surface area contributed by atoms with E-state index in [1.165, 1.54) is 24.4 Å². The quantitative estimate of drug-likeness (QED) is 0.695. The molecule has 0 aliphatic heterocycles. The SMILES string of the molecule is O=C(Nc1ccc(=O)[nH]n1)c1ccc(C#CCCO)cn1. The van der Waals surface area contributed by atoms with Crippen LogP contribution in [0.5, 0.6) is 0 Å². The molecule has 3 N–H and O–H groups in total. The van der Waals surface area contributed by atoms with E-state index in [1.54, 1.807) is 6.07 Å². The van der Waals surface area contributed by atoms with Crippen LogP contribution in [-0.4, -0.2) is 32.8 Å². The van der Waals surface area contributed by atoms with E-state index in [0.717, 1.165) is 0 Å². The van der Waals surface area contributed by atoms with Gasteiger partial charge in [-0.25, -0.2) is 10.1 Å². The number of anilines is 1. The van der Waals surface area contributed by atoms with Crippen LogP contribution in [0.3, 0.4) is 0 Å². The summed E-state index contributed by atoms with van der Waals surface area (Å²) in [5, 5.41) is 17.0. The number of pyridine rings is 1. The molecule has 21 heavy (non-hydrogen) atoms. The number of hydrogen-bond acceptors (Lipinski definition) is 5. The summed E-state index contributed by atoms with van der Waals surface area (Å²) in [6, 6.07) is 5.85. The van der Waals surface area contributed by atoms with Crippen molar-refractivity contribution in [1.29, 1.82) is 0 Å². The number of nitrogens with zero attached hydrogens (tertiary/aromatic N) is 2. The van der Waals surface area contributed by atoms with Crippen molar-refractivity contribution in [3.05, 3.63) is 52.1 Å². The Hall–Kier alpha value is -2.98. The van der Waals surface area contributed by atoms with E-state index in [2.05, 4.69) is 32.3 Å². The summed E-state index contributed by atoms with van der Waals surface area (Å²) in [6.45, 7) is 0.00703. The third-order valence-corrected chi connectivity index (χ3v) is 2.39. The number of aliphatic hydroxyl groups is 1. The van der Waals surface area contributed by atoms with Gasteiger partial charge in [-0.2, -0.15) is 5.10 Å². The standard InChI is InChI=1S/C14H12N4O3/c19-8-2-1-3-10-4-5-11(15-9-10)14(21)16-12-6-7-13(20)18-17-12/h4-7,9,19H,2,8H2,(H,18,20)(H,16,17,21). The lowest BCUT2D eigenvalue weighted by Crippen LogP contribution is -2.16. The Kier molecular flexibility index (Phi) is 4.79. The van der Waals surface area contributed by atoms with E-state index in [9.17, 15) is 9.59 Å². The van der Waals surface area contributed by atoms with Gasteiger partial charge < -0.3 is 10.4 Å². The molecule has 1 amide bonds. The van der Waals surface area contributed by atoms with Gasteiger partial charge in [-0.15, -0.1) is 0 Å². The maximum Gasteiger partial charge on any atom is 0.275 e. The number of aliphatic hydroxyl groups excluding tert-OH is 1. The molecular weight excluding hydrogens is 272 g/mol. The molecular formula is C14H12N4O3. The largest absolute Gasteiger partial charge is 0.395 e. The predicted octanol–water partition coefficient (Wildman–Crippen LogP) is 0.151. The number of carbonyl (C=O) groups is 1. The Balaban J connectivity index is 2.04. The maximum absolute atomic E-state index is 11.9. The Morgan fingerprint density at radius 2 is 2.19 bits per heavy atom. The summed E-state index contributed by atoms with van der Waals surface area (Å²) < 4.78 is 0. The molecule has 0 fully saturated rings. The van der Waals surface area contributed by atoms with Gasteiger partial charge in [0.05, 0.1) is 6.61 Å². The van der Waals surface area contributed by atoms with E-state index in [4.69, 9.17) is 5.11 Å². The lowest BCUT2D eigenvalue weighted by molar-refractivity contribution is 0.102. The predicted molar refractivity (Wildman–Crippen MR) is 75.6 cm³/mol. The molecule has 0 atom stereocenters. The molecule has 0 aliphatic rings. The van der Waals surface area contributed by atoms with Gasteiger partial charge in [0, 0.05) is 24.2 Å². The minimum atomic E-state index is -0.440. The van der Waals surface area contributed by atoms with Crippen LogP contribution in [0.4, 0.5) is 5.82 Å². The van der Waals surface area contributed by atoms with Crippen molar-refractivity contribution >= 4 is 11.7 Å². The van der Waals surface area contributed by atoms with Gasteiger partial charge in [-0.1, -0.05) is 11.8 Å². The van der Waals surface area contributed by atoms with Gasteiger partial charge >= 0.3 is 0 Å². The summed E-state index contributed by atoms with van der Waals surface area (Å²) in [5.41, 5.74) is 0.509. The number of carbonyl (C=O) groups excluding carboxylic acids is 1. The number of aromatic amines is 1. The average Bonchev–Trinajstić information content (AvgIpc) is 2.50. The molecule has 0 saturated carbocycles. The zero-order valence-corrected chi connectivity index (χ0v) is 11.0. The van der Waals surface area contributed by atoms with Gasteiger partial charge in [-0.05, 0) is 18.2 Å². The van der Waals surface area contributed by atoms with Crippen molar-refractivity contribution in [3.63, 3.8) is 0 Å². The second kappa shape index (κ2) is 6.98. The molecule has 0 spiro atoms. The molecule has 7 heteroatoms. The first-order chi connectivity index (χ1) is 10.2. The molecule has 106 valence electrons. The molecule has 7 nitrogen and oxygen atoms in total. The minimum absolute atomic E-state index is 0.00703. The first kappa shape index (κ1) is 14.4. The number of amides is 1. The molecule has 0 bridgehead atoms. The van der Waals surface area contributed by atoms with Gasteiger partial charge in [0.15, 0.2) is 5.82 Å². The molecule has 0 aliphatic carbocycles. The first-order valence-corrected chi connectivity index (χ1v) is 6.12. The number of aromatic nitrogens is 3. The third kappa shape index (κ3) is 4.26. The Labute approximate surface area is 120 Å². The fourth-order valence-electron chi connectivity index (χ4n) is 1.42. The van der Waals surface area contributed by atoms with Crippen molar-refractivity contribution in [1.82, 2.24) is 15.2 Å². The van der Waals surface area contributed by atoms with E-state index >= 15 is 0 Å². The van der Waals surface area contributed by atoms with Crippen molar-refractivity contribution in [2.75, 3.05) is 11.9 Å². The van der Waals surface area contributed by atoms with Crippen LogP contribution in [-0.2, 0) is 0 Å². The number of H-pyrrole nitrogens is 1. The average molecular weight is 284 g/mol. The van der Waals surface area contributed by atoms with Crippen molar-refractivity contribution < 1.29 is 9.90 Å². The van der Waals surface area contributed by atoms with Gasteiger partial charge in [0.25, 0.3) is 11.5 Å². The smallest absolute Gasteiger partial charge is 0.275 e. The van der Waals surface area contributed by atoms with E-state index < -0.39 is 5.91 Å². The lowest BCUT2D eigenvalue weighted by atomic mass is 10.2. The van der Waals surface area contributed by atoms with Crippen LogP contribution in [0.2, 0.25) is 0 Å². The molecule has 2 rings (SSSR count). The molecule has 2 heterocycles. The fourth-order valence-corrected chi connectivity index (χ4v) is 1.42. The second-order valence-electron chi connectivity index (χ2n) is 3.97. The van der Waals surface area contributed by atoms with E-state index in [1.807, 2.05) is 0 Å². The van der Waals surface area contributed by atoms with Gasteiger partial charge in [-0.3, -0.25) is 9.59 Å². The molecule has 2 aromatic rings. The summed E-state index contributed by atoms with van der Waals surface area (Å²) in [5.74, 6) is 5.36. The van der Waals surface area contributed by atoms with Crippen LogP contribution in [0.15, 0.2) is 35.3 Å². The fraction of sp³-hybridized carbons (Fsp3) is 0.143. The maximum atomic E-state index is 11.9. The highest BCUT2D eigenvalue weighted by atomic mass is 16.2. The Morgan fingerprint density at radius 1 is 1.33 bits per heavy atom. The number of hydrogen-bond donors (Lipinski definition) is 3. The second-order valence-corrected chi connectivity index (χ2v) is 3.97. The molecule has 0 saturated heterocycles. The highest BCUT2D eigenvalue weighted by molar-refractivity contribution is 6.02. The van der Waals surface area contributed by atoms with Crippen LogP contribution in [0.1, 0.15) is 22.5 Å². The van der Waals surface area contributed by atoms with Crippen LogP contribution in [0, 0.1) is 11.8 Å². The van der Waals surface area contributed by atoms with Crippen molar-refractivity contribution in [2.24, 2.45) is 0 Å². The molecule has 2 aromatic heterocycles. The summed E-state index contributed by atoms with van der Waals surface area (Å²) in [7, 11) is 0. The molecule has 0 radical (unpaired) electrons. The van der Waals surface area contributed by atoms with Crippen LogP contribution >= 0.6 is 0 Å². The van der Waals surface area contributed by atoms with Crippen LogP contribution < -0.4 is 10.9 Å².